The number of hydrogen-bond donors (Lipinski definition) is 1. The first kappa shape index (κ1) is 24.7. The number of terminal acetylenes is 1. The minimum Gasteiger partial charge on any atom is -0.381 e. The fourth-order valence-electron chi connectivity index (χ4n) is 5.65. The molecule has 0 saturated heterocycles. The lowest BCUT2D eigenvalue weighted by Gasteiger charge is -2.46. The van der Waals surface area contributed by atoms with Crippen LogP contribution < -0.4 is 5.73 Å². The minimum absolute atomic E-state index is 0.118. The predicted molar refractivity (Wildman–Crippen MR) is 137 cm³/mol. The lowest BCUT2D eigenvalue weighted by atomic mass is 9.62. The first-order valence-corrected chi connectivity index (χ1v) is 11.6. The van der Waals surface area contributed by atoms with Crippen LogP contribution in [0.2, 0.25) is 0 Å². The number of ether oxygens (including phenoxy) is 1. The monoisotopic (exact) mass is 441 g/mol. The molecule has 2 aromatic rings. The summed E-state index contributed by atoms with van der Waals surface area (Å²) in [7, 11) is 1.83. The van der Waals surface area contributed by atoms with Crippen molar-refractivity contribution < 1.29 is 4.74 Å². The molecule has 172 valence electrons. The van der Waals surface area contributed by atoms with E-state index in [1.165, 1.54) is 16.7 Å². The average Bonchev–Trinajstić information content (AvgIpc) is 3.08. The van der Waals surface area contributed by atoms with E-state index in [1.54, 1.807) is 0 Å². The van der Waals surface area contributed by atoms with Gasteiger partial charge in [-0.1, -0.05) is 18.1 Å². The summed E-state index contributed by atoms with van der Waals surface area (Å²) in [5.74, 6) is 6.08. The van der Waals surface area contributed by atoms with Gasteiger partial charge in [0, 0.05) is 48.3 Å². The molecule has 4 nitrogen and oxygen atoms in total. The Balaban J connectivity index is 0.00000149. The molecule has 1 spiro atoms. The molecule has 2 aliphatic carbocycles. The normalized spacial score (nSPS) is 26.0. The van der Waals surface area contributed by atoms with Crippen LogP contribution in [0.15, 0.2) is 41.7 Å². The Kier molecular flexibility index (Phi) is 7.75. The minimum atomic E-state index is -0.283. The Bertz CT molecular complexity index is 1100. The summed E-state index contributed by atoms with van der Waals surface area (Å²) in [6, 6.07) is 8.97. The zero-order valence-electron chi connectivity index (χ0n) is 20.3. The van der Waals surface area contributed by atoms with E-state index in [2.05, 4.69) is 67.8 Å². The zero-order chi connectivity index (χ0) is 24.1. The molecule has 1 aromatic carbocycles. The highest BCUT2D eigenvalue weighted by atomic mass is 16.5. The lowest BCUT2D eigenvalue weighted by Crippen LogP contribution is -2.44. The summed E-state index contributed by atoms with van der Waals surface area (Å²) in [6.45, 7) is 6.72. The van der Waals surface area contributed by atoms with E-state index in [-0.39, 0.29) is 11.0 Å². The van der Waals surface area contributed by atoms with Gasteiger partial charge in [0.05, 0.1) is 11.6 Å². The van der Waals surface area contributed by atoms with Gasteiger partial charge in [-0.25, -0.2) is 0 Å². The quantitative estimate of drug-likeness (QED) is 0.528. The summed E-state index contributed by atoms with van der Waals surface area (Å²) in [4.78, 5) is 9.70. The number of nitrogens with two attached hydrogens (primary N) is 1. The van der Waals surface area contributed by atoms with Crippen LogP contribution in [0.5, 0.6) is 0 Å². The molecule has 0 unspecified atom stereocenters. The van der Waals surface area contributed by atoms with Gasteiger partial charge in [-0.3, -0.25) is 9.98 Å². The van der Waals surface area contributed by atoms with Crippen molar-refractivity contribution in [3.8, 4) is 35.8 Å². The standard InChI is InChI=1S/C27H33N3O.C2H2/c1-5-6-20-13-23(18-29-17-20)21-7-8-22-15-27(11-9-24(31-4)10-12-27)26(3,25(22)14-21)30-19(2)16-28;1-2/h7-8,13-14,17-18,24H,9-12,15-16,28H2,1-4H3;1-2H/t24?,26-,27?;/m1./s1. The number of rotatable bonds is 4. The van der Waals surface area contributed by atoms with Gasteiger partial charge in [0.2, 0.25) is 0 Å². The topological polar surface area (TPSA) is 60.5 Å². The SMILES string of the molecule is C#C.CC#Cc1cncc(-c2ccc3c(c2)[C@@](C)(N=C(C)CN)C2(CCC(OC)CC2)C3)c1. The van der Waals surface area contributed by atoms with Crippen LogP contribution in [-0.2, 0) is 16.7 Å². The highest BCUT2D eigenvalue weighted by Gasteiger charge is 2.55. The van der Waals surface area contributed by atoms with Gasteiger partial charge >= 0.3 is 0 Å². The third kappa shape index (κ3) is 4.60. The molecule has 1 fully saturated rings. The Labute approximate surface area is 199 Å². The molecule has 1 heterocycles. The van der Waals surface area contributed by atoms with Gasteiger partial charge in [0.15, 0.2) is 0 Å². The van der Waals surface area contributed by atoms with Crippen LogP contribution in [0.1, 0.15) is 63.1 Å². The number of hydrogen-bond acceptors (Lipinski definition) is 4. The van der Waals surface area contributed by atoms with E-state index in [1.807, 2.05) is 26.4 Å². The van der Waals surface area contributed by atoms with Gasteiger partial charge in [-0.2, -0.15) is 0 Å². The maximum Gasteiger partial charge on any atom is 0.0890 e. The summed E-state index contributed by atoms with van der Waals surface area (Å²) >= 11 is 0. The van der Waals surface area contributed by atoms with Crippen molar-refractivity contribution in [1.82, 2.24) is 4.98 Å². The van der Waals surface area contributed by atoms with Crippen LogP contribution in [0.25, 0.3) is 11.1 Å². The van der Waals surface area contributed by atoms with Crippen molar-refractivity contribution in [1.29, 1.82) is 0 Å². The molecule has 2 N–H and O–H groups in total. The summed E-state index contributed by atoms with van der Waals surface area (Å²) in [5.41, 5.74) is 12.8. The number of pyridine rings is 1. The lowest BCUT2D eigenvalue weighted by molar-refractivity contribution is 0.00125. The van der Waals surface area contributed by atoms with Crippen molar-refractivity contribution in [3.63, 3.8) is 0 Å². The maximum atomic E-state index is 5.98. The Morgan fingerprint density at radius 3 is 2.58 bits per heavy atom. The first-order chi connectivity index (χ1) is 15.9. The van der Waals surface area contributed by atoms with Crippen LogP contribution in [-0.4, -0.2) is 30.5 Å². The molecule has 0 amide bonds. The number of fused-ring (bicyclic) bond motifs is 1. The van der Waals surface area contributed by atoms with Gasteiger partial charge in [-0.05, 0) is 81.7 Å². The van der Waals surface area contributed by atoms with Gasteiger partial charge < -0.3 is 10.5 Å². The molecule has 0 aliphatic heterocycles. The van der Waals surface area contributed by atoms with Gasteiger partial charge in [-0.15, -0.1) is 18.8 Å². The molecule has 0 radical (unpaired) electrons. The molecular weight excluding hydrogens is 406 g/mol. The van der Waals surface area contributed by atoms with Crippen molar-refractivity contribution >= 4 is 5.71 Å². The smallest absolute Gasteiger partial charge is 0.0890 e. The molecule has 1 aromatic heterocycles. The van der Waals surface area contributed by atoms with Crippen molar-refractivity contribution in [2.24, 2.45) is 16.1 Å². The maximum absolute atomic E-state index is 5.98. The molecular formula is C29H35N3O. The average molecular weight is 442 g/mol. The van der Waals surface area contributed by atoms with Crippen LogP contribution in [0, 0.1) is 30.1 Å². The number of benzene rings is 1. The number of methoxy groups -OCH3 is 1. The molecule has 0 bridgehead atoms. The van der Waals surface area contributed by atoms with Crippen LogP contribution in [0.3, 0.4) is 0 Å². The Morgan fingerprint density at radius 2 is 1.94 bits per heavy atom. The molecule has 1 atom stereocenters. The zero-order valence-corrected chi connectivity index (χ0v) is 20.3. The summed E-state index contributed by atoms with van der Waals surface area (Å²) < 4.78 is 5.68. The first-order valence-electron chi connectivity index (χ1n) is 11.6. The van der Waals surface area contributed by atoms with Gasteiger partial charge in [0.1, 0.15) is 0 Å². The van der Waals surface area contributed by atoms with E-state index in [0.717, 1.165) is 48.9 Å². The molecule has 33 heavy (non-hydrogen) atoms. The van der Waals surface area contributed by atoms with E-state index in [0.29, 0.717) is 12.6 Å². The second kappa shape index (κ2) is 10.3. The molecule has 1 saturated carbocycles. The predicted octanol–water partition coefficient (Wildman–Crippen LogP) is 5.14. The van der Waals surface area contributed by atoms with Crippen molar-refractivity contribution in [3.05, 3.63) is 53.3 Å². The Morgan fingerprint density at radius 1 is 1.21 bits per heavy atom. The second-order valence-electron chi connectivity index (χ2n) is 9.22. The molecule has 2 aliphatic rings. The fraction of sp³-hybridized carbons (Fsp3) is 0.448. The Hall–Kier alpha value is -2.92. The number of nitrogens with zero attached hydrogens (tertiary/aromatic N) is 2. The third-order valence-electron chi connectivity index (χ3n) is 7.47. The van der Waals surface area contributed by atoms with Crippen LogP contribution in [0.4, 0.5) is 0 Å². The molecule has 4 heteroatoms. The van der Waals surface area contributed by atoms with Gasteiger partial charge in [0.25, 0.3) is 0 Å². The second-order valence-corrected chi connectivity index (χ2v) is 9.22. The molecule has 4 rings (SSSR count). The highest BCUT2D eigenvalue weighted by Crippen LogP contribution is 2.60. The van der Waals surface area contributed by atoms with Crippen molar-refractivity contribution in [2.45, 2.75) is 64.5 Å². The summed E-state index contributed by atoms with van der Waals surface area (Å²) in [6.07, 6.45) is 17.6. The third-order valence-corrected chi connectivity index (χ3v) is 7.47. The number of aromatic nitrogens is 1. The summed E-state index contributed by atoms with van der Waals surface area (Å²) in [5, 5.41) is 0. The van der Waals surface area contributed by atoms with E-state index in [4.69, 9.17) is 15.5 Å². The van der Waals surface area contributed by atoms with Crippen molar-refractivity contribution in [2.75, 3.05) is 13.7 Å². The van der Waals surface area contributed by atoms with E-state index in [9.17, 15) is 0 Å². The van der Waals surface area contributed by atoms with E-state index >= 15 is 0 Å². The largest absolute Gasteiger partial charge is 0.381 e. The van der Waals surface area contributed by atoms with Crippen LogP contribution >= 0.6 is 0 Å². The number of aliphatic imine (C=N–C) groups is 1. The van der Waals surface area contributed by atoms with E-state index < -0.39 is 0 Å². The fourth-order valence-corrected chi connectivity index (χ4v) is 5.65. The highest BCUT2D eigenvalue weighted by molar-refractivity contribution is 5.84.